The summed E-state index contributed by atoms with van der Waals surface area (Å²) < 4.78 is 0. The Bertz CT molecular complexity index is 431. The smallest absolute Gasteiger partial charge is 0.275 e. The van der Waals surface area contributed by atoms with Crippen LogP contribution in [0.5, 0.6) is 0 Å². The summed E-state index contributed by atoms with van der Waals surface area (Å²) in [7, 11) is 0. The van der Waals surface area contributed by atoms with Gasteiger partial charge in [0, 0.05) is 12.5 Å². The molecule has 0 fully saturated rings. The topological polar surface area (TPSA) is 87.7 Å². The quantitative estimate of drug-likeness (QED) is 0.531. The van der Waals surface area contributed by atoms with Crippen molar-refractivity contribution < 1.29 is 19.6 Å². The van der Waals surface area contributed by atoms with Crippen molar-refractivity contribution >= 4 is 11.8 Å². The molecule has 0 spiro atoms. The van der Waals surface area contributed by atoms with Crippen LogP contribution in [0.25, 0.3) is 0 Å². The normalized spacial score (nSPS) is 9.82. The zero-order valence-electron chi connectivity index (χ0n) is 9.61. The van der Waals surface area contributed by atoms with Crippen molar-refractivity contribution in [1.82, 2.24) is 11.0 Å². The number of carbonyl (C=O) groups is 2. The molecule has 0 aliphatic carbocycles. The molecule has 0 radical (unpaired) electrons. The number of hydrogen-bond donors (Lipinski definition) is 3. The third-order valence-electron chi connectivity index (χ3n) is 2.19. The van der Waals surface area contributed by atoms with Crippen molar-refractivity contribution in [3.8, 4) is 0 Å². The van der Waals surface area contributed by atoms with Crippen LogP contribution in [0.3, 0.4) is 0 Å². The molecule has 92 valence electrons. The second-order valence-corrected chi connectivity index (χ2v) is 3.49. The molecule has 3 N–H and O–H groups in total. The molecule has 1 aromatic rings. The Morgan fingerprint density at radius 3 is 2.71 bits per heavy atom. The van der Waals surface area contributed by atoms with E-state index in [0.29, 0.717) is 11.1 Å². The highest BCUT2D eigenvalue weighted by molar-refractivity contribution is 5.95. The van der Waals surface area contributed by atoms with Crippen molar-refractivity contribution in [2.45, 2.75) is 20.5 Å². The van der Waals surface area contributed by atoms with Gasteiger partial charge in [0.05, 0.1) is 0 Å². The van der Waals surface area contributed by atoms with Gasteiger partial charge in [-0.15, -0.1) is 0 Å². The molecular weight excluding hydrogens is 224 g/mol. The average Bonchev–Trinajstić information content (AvgIpc) is 2.29. The molecule has 0 heterocycles. The largest absolute Gasteiger partial charge is 0.288 e. The monoisotopic (exact) mass is 238 g/mol. The third kappa shape index (κ3) is 3.54. The highest BCUT2D eigenvalue weighted by Gasteiger charge is 2.12. The molecule has 2 amide bonds. The van der Waals surface area contributed by atoms with Crippen LogP contribution in [-0.2, 0) is 16.2 Å². The van der Waals surface area contributed by atoms with E-state index in [2.05, 4.69) is 5.48 Å². The average molecular weight is 238 g/mol. The molecular formula is C11H14N2O4. The number of carbonyl (C=O) groups excluding carboxylic acids is 2. The van der Waals surface area contributed by atoms with Gasteiger partial charge in [0.2, 0.25) is 5.91 Å². The second-order valence-electron chi connectivity index (χ2n) is 3.49. The summed E-state index contributed by atoms with van der Waals surface area (Å²) in [5.74, 6) is -0.943. The molecule has 0 aliphatic heterocycles. The van der Waals surface area contributed by atoms with Crippen LogP contribution < -0.4 is 11.0 Å². The zero-order chi connectivity index (χ0) is 12.8. The summed E-state index contributed by atoms with van der Waals surface area (Å²) in [6.45, 7) is 3.18. The molecule has 0 aliphatic rings. The minimum atomic E-state index is -0.616. The first-order chi connectivity index (χ1) is 8.06. The Morgan fingerprint density at radius 1 is 1.41 bits per heavy atom. The predicted molar refractivity (Wildman–Crippen MR) is 59.0 cm³/mol. The first kappa shape index (κ1) is 13.1. The van der Waals surface area contributed by atoms with Crippen LogP contribution in [0.4, 0.5) is 0 Å². The molecule has 1 aromatic carbocycles. The fraction of sp³-hybridized carbons (Fsp3) is 0.273. The molecule has 0 saturated carbocycles. The molecule has 6 heteroatoms. The van der Waals surface area contributed by atoms with E-state index in [-0.39, 0.29) is 12.5 Å². The Labute approximate surface area is 98.5 Å². The summed E-state index contributed by atoms with van der Waals surface area (Å²) in [5, 5.41) is 8.61. The SMILES string of the molecule is CC(=O)NOCc1c(C)cccc1C(=O)NO. The van der Waals surface area contributed by atoms with Gasteiger partial charge in [0.25, 0.3) is 5.91 Å². The van der Waals surface area contributed by atoms with E-state index in [9.17, 15) is 9.59 Å². The van der Waals surface area contributed by atoms with Crippen molar-refractivity contribution in [1.29, 1.82) is 0 Å². The van der Waals surface area contributed by atoms with Crippen LogP contribution in [0, 0.1) is 6.92 Å². The van der Waals surface area contributed by atoms with E-state index in [1.165, 1.54) is 6.92 Å². The van der Waals surface area contributed by atoms with Gasteiger partial charge in [-0.1, -0.05) is 12.1 Å². The van der Waals surface area contributed by atoms with E-state index in [0.717, 1.165) is 5.56 Å². The number of amides is 2. The van der Waals surface area contributed by atoms with Gasteiger partial charge in [0.15, 0.2) is 0 Å². The molecule has 1 rings (SSSR count). The minimum Gasteiger partial charge on any atom is -0.288 e. The lowest BCUT2D eigenvalue weighted by Crippen LogP contribution is -2.23. The van der Waals surface area contributed by atoms with E-state index in [4.69, 9.17) is 10.0 Å². The van der Waals surface area contributed by atoms with E-state index >= 15 is 0 Å². The standard InChI is InChI=1S/C11H14N2O4/c1-7-4-3-5-9(11(15)12-16)10(7)6-17-13-8(2)14/h3-5,16H,6H2,1-2H3,(H,12,15)(H,13,14). The Balaban J connectivity index is 2.88. The zero-order valence-corrected chi connectivity index (χ0v) is 9.61. The molecule has 0 unspecified atom stereocenters. The van der Waals surface area contributed by atoms with Gasteiger partial charge in [0.1, 0.15) is 6.61 Å². The first-order valence-corrected chi connectivity index (χ1v) is 4.97. The Morgan fingerprint density at radius 2 is 2.12 bits per heavy atom. The maximum absolute atomic E-state index is 11.4. The number of nitrogens with one attached hydrogen (secondary N) is 2. The summed E-state index contributed by atoms with van der Waals surface area (Å²) >= 11 is 0. The highest BCUT2D eigenvalue weighted by Crippen LogP contribution is 2.15. The number of benzene rings is 1. The van der Waals surface area contributed by atoms with Crippen LogP contribution in [0.2, 0.25) is 0 Å². The third-order valence-corrected chi connectivity index (χ3v) is 2.19. The first-order valence-electron chi connectivity index (χ1n) is 4.97. The van der Waals surface area contributed by atoms with Crippen LogP contribution in [0.1, 0.15) is 28.4 Å². The van der Waals surface area contributed by atoms with Crippen molar-refractivity contribution in [2.24, 2.45) is 0 Å². The summed E-state index contributed by atoms with van der Waals surface area (Å²) in [5.41, 5.74) is 5.48. The van der Waals surface area contributed by atoms with Crippen molar-refractivity contribution in [2.75, 3.05) is 0 Å². The lowest BCUT2D eigenvalue weighted by atomic mass is 10.0. The summed E-state index contributed by atoms with van der Waals surface area (Å²) in [6, 6.07) is 5.06. The van der Waals surface area contributed by atoms with Crippen molar-refractivity contribution in [3.05, 3.63) is 34.9 Å². The number of aryl methyl sites for hydroxylation is 1. The van der Waals surface area contributed by atoms with E-state index in [1.54, 1.807) is 30.6 Å². The predicted octanol–water partition coefficient (Wildman–Crippen LogP) is 0.682. The van der Waals surface area contributed by atoms with Gasteiger partial charge >= 0.3 is 0 Å². The highest BCUT2D eigenvalue weighted by atomic mass is 16.6. The lowest BCUT2D eigenvalue weighted by Gasteiger charge is -2.11. The summed E-state index contributed by atoms with van der Waals surface area (Å²) in [6.07, 6.45) is 0. The number of rotatable bonds is 4. The molecule has 0 saturated heterocycles. The van der Waals surface area contributed by atoms with E-state index < -0.39 is 5.91 Å². The maximum Gasteiger partial charge on any atom is 0.275 e. The van der Waals surface area contributed by atoms with Gasteiger partial charge in [-0.3, -0.25) is 19.6 Å². The maximum atomic E-state index is 11.4. The second kappa shape index (κ2) is 5.97. The Hall–Kier alpha value is -1.92. The van der Waals surface area contributed by atoms with Gasteiger partial charge in [-0.05, 0) is 24.1 Å². The number of hydroxylamine groups is 2. The van der Waals surface area contributed by atoms with Crippen LogP contribution in [-0.4, -0.2) is 17.0 Å². The molecule has 6 nitrogen and oxygen atoms in total. The molecule has 17 heavy (non-hydrogen) atoms. The van der Waals surface area contributed by atoms with Gasteiger partial charge in [-0.25, -0.2) is 11.0 Å². The van der Waals surface area contributed by atoms with Crippen molar-refractivity contribution in [3.63, 3.8) is 0 Å². The van der Waals surface area contributed by atoms with Crippen LogP contribution in [0.15, 0.2) is 18.2 Å². The minimum absolute atomic E-state index is 0.0506. The van der Waals surface area contributed by atoms with Gasteiger partial charge < -0.3 is 0 Å². The molecule has 0 atom stereocenters. The van der Waals surface area contributed by atoms with E-state index in [1.807, 2.05) is 0 Å². The number of hydrogen-bond acceptors (Lipinski definition) is 4. The van der Waals surface area contributed by atoms with Gasteiger partial charge in [-0.2, -0.15) is 0 Å². The Kier molecular flexibility index (Phi) is 4.62. The molecule has 0 bridgehead atoms. The fourth-order valence-electron chi connectivity index (χ4n) is 1.38. The van der Waals surface area contributed by atoms with Crippen LogP contribution >= 0.6 is 0 Å². The lowest BCUT2D eigenvalue weighted by molar-refractivity contribution is -0.132. The fourth-order valence-corrected chi connectivity index (χ4v) is 1.38. The summed E-state index contributed by atoms with van der Waals surface area (Å²) in [4.78, 5) is 27.0. The molecule has 0 aromatic heterocycles.